The molecule has 0 saturated carbocycles. The van der Waals surface area contributed by atoms with Crippen LogP contribution in [-0.2, 0) is 16.0 Å². The first-order valence-electron chi connectivity index (χ1n) is 6.52. The molecule has 104 valence electrons. The third kappa shape index (κ3) is 4.39. The first-order valence-corrected chi connectivity index (χ1v) is 6.52. The molecule has 0 bridgehead atoms. The van der Waals surface area contributed by atoms with Gasteiger partial charge in [0.1, 0.15) is 6.04 Å². The van der Waals surface area contributed by atoms with Crippen molar-refractivity contribution in [3.8, 4) is 0 Å². The maximum Gasteiger partial charge on any atom is 0.326 e. The molecule has 1 aromatic rings. The van der Waals surface area contributed by atoms with E-state index in [1.807, 2.05) is 45.0 Å². The third-order valence-corrected chi connectivity index (χ3v) is 3.41. The van der Waals surface area contributed by atoms with Gasteiger partial charge in [0.25, 0.3) is 0 Å². The molecule has 4 nitrogen and oxygen atoms in total. The predicted molar refractivity (Wildman–Crippen MR) is 73.9 cm³/mol. The van der Waals surface area contributed by atoms with Gasteiger partial charge in [-0.3, -0.25) is 4.79 Å². The van der Waals surface area contributed by atoms with Gasteiger partial charge in [-0.05, 0) is 24.0 Å². The Balaban J connectivity index is 2.68. The Hall–Kier alpha value is -1.84. The summed E-state index contributed by atoms with van der Waals surface area (Å²) in [6, 6.07) is 6.79. The summed E-state index contributed by atoms with van der Waals surface area (Å²) in [6.45, 7) is 5.67. The van der Waals surface area contributed by atoms with Gasteiger partial charge in [-0.2, -0.15) is 0 Å². The van der Waals surface area contributed by atoms with E-state index in [2.05, 4.69) is 5.32 Å². The normalized spacial score (nSPS) is 13.6. The summed E-state index contributed by atoms with van der Waals surface area (Å²) in [5.74, 6) is -1.31. The highest BCUT2D eigenvalue weighted by atomic mass is 16.4. The quantitative estimate of drug-likeness (QED) is 0.826. The lowest BCUT2D eigenvalue weighted by Gasteiger charge is -2.20. The molecule has 0 aliphatic rings. The SMILES string of the molecule is CC[C@H](C)[C@H](NC(=O)Cc1ccccc1C)C(=O)O. The van der Waals surface area contributed by atoms with Crippen LogP contribution in [0.25, 0.3) is 0 Å². The van der Waals surface area contributed by atoms with E-state index in [0.717, 1.165) is 11.1 Å². The number of amides is 1. The lowest BCUT2D eigenvalue weighted by Crippen LogP contribution is -2.45. The number of benzene rings is 1. The van der Waals surface area contributed by atoms with Crippen molar-refractivity contribution < 1.29 is 14.7 Å². The van der Waals surface area contributed by atoms with Crippen molar-refractivity contribution in [2.45, 2.75) is 39.7 Å². The molecule has 0 heterocycles. The van der Waals surface area contributed by atoms with Crippen molar-refractivity contribution in [1.29, 1.82) is 0 Å². The Bertz CT molecular complexity index is 456. The van der Waals surface area contributed by atoms with Crippen molar-refractivity contribution in [2.24, 2.45) is 5.92 Å². The minimum Gasteiger partial charge on any atom is -0.480 e. The molecule has 1 amide bonds. The van der Waals surface area contributed by atoms with Crippen LogP contribution >= 0.6 is 0 Å². The minimum absolute atomic E-state index is 0.0849. The van der Waals surface area contributed by atoms with E-state index in [1.165, 1.54) is 0 Å². The fraction of sp³-hybridized carbons (Fsp3) is 0.467. The Morgan fingerprint density at radius 2 is 1.95 bits per heavy atom. The molecule has 2 N–H and O–H groups in total. The Labute approximate surface area is 113 Å². The lowest BCUT2D eigenvalue weighted by molar-refractivity contribution is -0.143. The lowest BCUT2D eigenvalue weighted by atomic mass is 9.98. The fourth-order valence-electron chi connectivity index (χ4n) is 1.89. The molecule has 0 unspecified atom stereocenters. The number of nitrogens with one attached hydrogen (secondary N) is 1. The first kappa shape index (κ1) is 15.2. The van der Waals surface area contributed by atoms with Crippen LogP contribution < -0.4 is 5.32 Å². The van der Waals surface area contributed by atoms with Crippen molar-refractivity contribution in [3.63, 3.8) is 0 Å². The summed E-state index contributed by atoms with van der Waals surface area (Å²) >= 11 is 0. The number of aliphatic carboxylic acids is 1. The molecule has 0 spiro atoms. The molecule has 1 aromatic carbocycles. The molecular weight excluding hydrogens is 242 g/mol. The van der Waals surface area contributed by atoms with Gasteiger partial charge in [0, 0.05) is 0 Å². The second kappa shape index (κ2) is 6.92. The zero-order valence-electron chi connectivity index (χ0n) is 11.6. The van der Waals surface area contributed by atoms with Gasteiger partial charge < -0.3 is 10.4 Å². The highest BCUT2D eigenvalue weighted by molar-refractivity contribution is 5.85. The largest absolute Gasteiger partial charge is 0.480 e. The molecule has 19 heavy (non-hydrogen) atoms. The number of aryl methyl sites for hydroxylation is 1. The second-order valence-electron chi connectivity index (χ2n) is 4.87. The molecule has 0 saturated heterocycles. The number of carbonyl (C=O) groups excluding carboxylic acids is 1. The van der Waals surface area contributed by atoms with Crippen molar-refractivity contribution >= 4 is 11.9 Å². The zero-order chi connectivity index (χ0) is 14.4. The third-order valence-electron chi connectivity index (χ3n) is 3.41. The van der Waals surface area contributed by atoms with E-state index in [0.29, 0.717) is 6.42 Å². The van der Waals surface area contributed by atoms with Gasteiger partial charge >= 0.3 is 5.97 Å². The Morgan fingerprint density at radius 1 is 1.32 bits per heavy atom. The number of rotatable bonds is 6. The van der Waals surface area contributed by atoms with Crippen LogP contribution in [0.5, 0.6) is 0 Å². The summed E-state index contributed by atoms with van der Waals surface area (Å²) in [4.78, 5) is 23.1. The van der Waals surface area contributed by atoms with Gasteiger partial charge in [0.2, 0.25) is 5.91 Å². The maximum atomic E-state index is 11.9. The van der Waals surface area contributed by atoms with Crippen molar-refractivity contribution in [3.05, 3.63) is 35.4 Å². The van der Waals surface area contributed by atoms with Crippen LogP contribution in [0.4, 0.5) is 0 Å². The van der Waals surface area contributed by atoms with Crippen LogP contribution in [0.3, 0.4) is 0 Å². The smallest absolute Gasteiger partial charge is 0.326 e. The number of carbonyl (C=O) groups is 2. The second-order valence-corrected chi connectivity index (χ2v) is 4.87. The molecule has 4 heteroatoms. The number of hydrogen-bond donors (Lipinski definition) is 2. The molecule has 0 fully saturated rings. The highest BCUT2D eigenvalue weighted by Gasteiger charge is 2.25. The van der Waals surface area contributed by atoms with Crippen LogP contribution in [0.15, 0.2) is 24.3 Å². The van der Waals surface area contributed by atoms with E-state index in [1.54, 1.807) is 0 Å². The average Bonchev–Trinajstić information content (AvgIpc) is 2.37. The van der Waals surface area contributed by atoms with E-state index in [-0.39, 0.29) is 18.2 Å². The number of carboxylic acid groups (broad SMARTS) is 1. The summed E-state index contributed by atoms with van der Waals surface area (Å²) in [7, 11) is 0. The van der Waals surface area contributed by atoms with E-state index >= 15 is 0 Å². The number of hydrogen-bond acceptors (Lipinski definition) is 2. The Morgan fingerprint density at radius 3 is 2.47 bits per heavy atom. The molecule has 0 aliphatic carbocycles. The molecule has 1 rings (SSSR count). The van der Waals surface area contributed by atoms with Gasteiger partial charge in [-0.15, -0.1) is 0 Å². The fourth-order valence-corrected chi connectivity index (χ4v) is 1.89. The summed E-state index contributed by atoms with van der Waals surface area (Å²) in [5.41, 5.74) is 1.96. The molecule has 0 aromatic heterocycles. The topological polar surface area (TPSA) is 66.4 Å². The average molecular weight is 263 g/mol. The van der Waals surface area contributed by atoms with Crippen molar-refractivity contribution in [1.82, 2.24) is 5.32 Å². The predicted octanol–water partition coefficient (Wildman–Crippen LogP) is 2.15. The van der Waals surface area contributed by atoms with Crippen LogP contribution in [0.2, 0.25) is 0 Å². The van der Waals surface area contributed by atoms with E-state index in [9.17, 15) is 9.59 Å². The standard InChI is InChI=1S/C15H21NO3/c1-4-10(2)14(15(18)19)16-13(17)9-12-8-6-5-7-11(12)3/h5-8,10,14H,4,9H2,1-3H3,(H,16,17)(H,18,19)/t10-,14-/m0/s1. The van der Waals surface area contributed by atoms with E-state index in [4.69, 9.17) is 5.11 Å². The monoisotopic (exact) mass is 263 g/mol. The molecular formula is C15H21NO3. The van der Waals surface area contributed by atoms with E-state index < -0.39 is 12.0 Å². The van der Waals surface area contributed by atoms with Crippen LogP contribution in [0, 0.1) is 12.8 Å². The minimum atomic E-state index is -0.979. The summed E-state index contributed by atoms with van der Waals surface area (Å²) in [5, 5.41) is 11.7. The Kier molecular flexibility index (Phi) is 5.55. The molecule has 2 atom stereocenters. The number of carboxylic acids is 1. The summed E-state index contributed by atoms with van der Waals surface area (Å²) in [6.07, 6.45) is 0.925. The highest BCUT2D eigenvalue weighted by Crippen LogP contribution is 2.10. The zero-order valence-corrected chi connectivity index (χ0v) is 11.6. The van der Waals surface area contributed by atoms with Crippen LogP contribution in [0.1, 0.15) is 31.4 Å². The maximum absolute atomic E-state index is 11.9. The first-order chi connectivity index (χ1) is 8.95. The molecule has 0 radical (unpaired) electrons. The van der Waals surface area contributed by atoms with Crippen molar-refractivity contribution in [2.75, 3.05) is 0 Å². The van der Waals surface area contributed by atoms with Gasteiger partial charge in [-0.1, -0.05) is 44.5 Å². The van der Waals surface area contributed by atoms with Crippen LogP contribution in [-0.4, -0.2) is 23.0 Å². The summed E-state index contributed by atoms with van der Waals surface area (Å²) < 4.78 is 0. The van der Waals surface area contributed by atoms with Gasteiger partial charge in [0.15, 0.2) is 0 Å². The van der Waals surface area contributed by atoms with Gasteiger partial charge in [0.05, 0.1) is 6.42 Å². The van der Waals surface area contributed by atoms with Gasteiger partial charge in [-0.25, -0.2) is 4.79 Å². The molecule has 0 aliphatic heterocycles.